The van der Waals surface area contributed by atoms with Crippen LogP contribution in [0.15, 0.2) is 177 Å². The fourth-order valence-electron chi connectivity index (χ4n) is 11.6. The van der Waals surface area contributed by atoms with E-state index in [9.17, 15) is 48.6 Å². The van der Waals surface area contributed by atoms with Crippen molar-refractivity contribution in [2.75, 3.05) is 141 Å². The van der Waals surface area contributed by atoms with Crippen molar-refractivity contribution < 1.29 is 95.9 Å². The second kappa shape index (κ2) is 46.2. The van der Waals surface area contributed by atoms with Gasteiger partial charge in [-0.1, -0.05) is 83.1 Å². The summed E-state index contributed by atoms with van der Waals surface area (Å²) >= 11 is 0. The first-order chi connectivity index (χ1) is 60.0. The number of Topliss-reactive ketones (excluding diaryl/α,β-unsaturated/α-hetero) is 4. The Morgan fingerprint density at radius 1 is 0.349 bits per heavy atom. The Hall–Kier alpha value is -12.9. The number of hydrogen-bond donors (Lipinski definition) is 9. The molecule has 0 bridgehead atoms. The number of hydrogen-bond acceptors (Lipinski definition) is 24. The summed E-state index contributed by atoms with van der Waals surface area (Å²) in [5.41, 5.74) is 5.94. The fraction of sp³-hybridized carbons (Fsp3) is 0.362. The van der Waals surface area contributed by atoms with Crippen LogP contribution in [0.2, 0.25) is 0 Å². The maximum Gasteiger partial charge on any atom is 0.256 e. The van der Waals surface area contributed by atoms with Gasteiger partial charge in [-0.2, -0.15) is 0 Å². The number of nitrogens with zero attached hydrogens (tertiary/aromatic N) is 5. The molecule has 8 heterocycles. The molecule has 4 amide bonds. The van der Waals surface area contributed by atoms with Gasteiger partial charge in [-0.05, 0) is 146 Å². The van der Waals surface area contributed by atoms with Crippen molar-refractivity contribution in [3.05, 3.63) is 222 Å². The molecule has 0 aliphatic carbocycles. The van der Waals surface area contributed by atoms with E-state index in [1.165, 1.54) is 54.7 Å². The topological polar surface area (TPSA) is 421 Å². The number of fused-ring (bicyclic) bond motifs is 4. The number of carbonyl (C=O) groups excluding carboxylic acids is 8. The summed E-state index contributed by atoms with van der Waals surface area (Å²) < 4.78 is 55.3. The molecule has 32 nitrogen and oxygen atoms in total. The maximum atomic E-state index is 12.7. The largest absolute Gasteiger partial charge is 0.508 e. The van der Waals surface area contributed by atoms with Crippen LogP contribution in [0.4, 0.5) is 22.9 Å². The number of phenols is 2. The molecule has 0 radical (unpaired) electrons. The Morgan fingerprint density at radius 2 is 0.690 bits per heavy atom. The van der Waals surface area contributed by atoms with Gasteiger partial charge in [0.2, 0.25) is 0 Å². The van der Waals surface area contributed by atoms with Crippen molar-refractivity contribution in [1.29, 1.82) is 0 Å². The average molecular weight is 1730 g/mol. The lowest BCUT2D eigenvalue weighted by Crippen LogP contribution is -2.20. The highest BCUT2D eigenvalue weighted by atomic mass is 16.6. The number of amides is 4. The number of nitrogens with one attached hydrogen (secondary N) is 7. The number of ketones is 4. The minimum absolute atomic E-state index is 0.000166. The van der Waals surface area contributed by atoms with Crippen molar-refractivity contribution in [1.82, 2.24) is 39.3 Å². The van der Waals surface area contributed by atoms with Gasteiger partial charge in [0, 0.05) is 86.7 Å². The van der Waals surface area contributed by atoms with E-state index in [1.54, 1.807) is 140 Å². The van der Waals surface area contributed by atoms with Crippen molar-refractivity contribution in [2.45, 2.75) is 83.1 Å². The van der Waals surface area contributed by atoms with Crippen LogP contribution in [0.25, 0.3) is 38.6 Å². The lowest BCUT2D eigenvalue weighted by atomic mass is 9.89. The van der Waals surface area contributed by atoms with Crippen LogP contribution in [0.1, 0.15) is 166 Å². The zero-order valence-electron chi connectivity index (χ0n) is 73.5. The van der Waals surface area contributed by atoms with Crippen LogP contribution in [-0.4, -0.2) is 216 Å². The van der Waals surface area contributed by atoms with Crippen molar-refractivity contribution in [2.24, 2.45) is 21.7 Å². The van der Waals surface area contributed by atoms with Gasteiger partial charge in [0.15, 0.2) is 23.1 Å². The first-order valence-corrected chi connectivity index (χ1v) is 40.9. The first kappa shape index (κ1) is 96.9. The summed E-state index contributed by atoms with van der Waals surface area (Å²) in [7, 11) is 3.27. The summed E-state index contributed by atoms with van der Waals surface area (Å²) in [6.07, 6.45) is 8.09. The van der Waals surface area contributed by atoms with Gasteiger partial charge in [0.25, 0.3) is 23.6 Å². The standard InChI is InChI=1S/2C28H37N3O7.2C19H19N3O3/c1-28(2,3)26(32)24-20-31-19-22(7-10-25(31)30-24)29-27(33)21-5-8-23(9-6-21)38-18-17-37-16-15-36-14-13-35-12-11-34-4;1-28(2,3)25(32)24-18-21-17-22(19-29-26(21)31-24)30-27(33)20-5-7-23(8-6-20)38-16-15-37-14-13-36-12-11-35-10-9-34-4;1-19(2,3)16(24)15-9-12-8-13(10-20-17(12)22-15)21-18(25)11-4-6-14(23)7-5-11;1-19(2,3)17(24)14-8-12-9-16(20-10-15(12)21-14)22-18(25)11-4-6-13(23)7-5-11/h5-10,19-20H,11-18H2,1-4H3,(H,29,33);5-8,17-19H,9-16H2,1-4H3,(H,29,31)(H,30,33);4-10,23H,1-3H3,(H,20,22)(H,21,25);4-10,21,23H,1-3H3,(H,20,22,25). The van der Waals surface area contributed by atoms with E-state index in [-0.39, 0.29) is 58.3 Å². The number of ether oxygens (including phenoxy) is 10. The Morgan fingerprint density at radius 3 is 1.07 bits per heavy atom. The Labute approximate surface area is 730 Å². The van der Waals surface area contributed by atoms with E-state index < -0.39 is 21.7 Å². The molecule has 126 heavy (non-hydrogen) atoms. The van der Waals surface area contributed by atoms with Gasteiger partial charge in [0.1, 0.15) is 64.7 Å². The number of phenolic OH excluding ortho intramolecular Hbond substituents is 2. The molecule has 0 fully saturated rings. The maximum absolute atomic E-state index is 12.7. The number of benzene rings is 4. The summed E-state index contributed by atoms with van der Waals surface area (Å²) in [6, 6.07) is 39.7. The van der Waals surface area contributed by atoms with Crippen LogP contribution < -0.4 is 30.7 Å². The Balaban J connectivity index is 0.000000193. The number of imidazole rings is 1. The van der Waals surface area contributed by atoms with Gasteiger partial charge in [0.05, 0.1) is 151 Å². The van der Waals surface area contributed by atoms with E-state index >= 15 is 0 Å². The van der Waals surface area contributed by atoms with E-state index in [1.807, 2.05) is 83.1 Å². The minimum atomic E-state index is -0.521. The molecular formula is C94H112N12O20. The van der Waals surface area contributed by atoms with Crippen molar-refractivity contribution in [3.8, 4) is 23.0 Å². The van der Waals surface area contributed by atoms with Crippen molar-refractivity contribution >= 4 is 108 Å². The molecule has 32 heteroatoms. The summed E-state index contributed by atoms with van der Waals surface area (Å²) in [4.78, 5) is 126. The van der Waals surface area contributed by atoms with E-state index in [0.29, 0.717) is 202 Å². The number of carbonyl (C=O) groups is 8. The van der Waals surface area contributed by atoms with Crippen LogP contribution in [-0.2, 0) is 37.9 Å². The van der Waals surface area contributed by atoms with Gasteiger partial charge in [-0.25, -0.2) is 19.9 Å². The number of aromatic nitrogens is 8. The molecule has 8 aromatic heterocycles. The van der Waals surface area contributed by atoms with Gasteiger partial charge >= 0.3 is 0 Å². The third kappa shape index (κ3) is 30.2. The number of aromatic hydroxyl groups is 2. The van der Waals surface area contributed by atoms with Crippen LogP contribution in [0, 0.1) is 21.7 Å². The third-order valence-corrected chi connectivity index (χ3v) is 18.4. The van der Waals surface area contributed by atoms with E-state index in [2.05, 4.69) is 56.2 Å². The Bertz CT molecular complexity index is 5270. The molecule has 0 spiro atoms. The molecule has 4 aromatic carbocycles. The predicted octanol–water partition coefficient (Wildman–Crippen LogP) is 15.5. The molecule has 0 atom stereocenters. The number of H-pyrrole nitrogens is 3. The van der Waals surface area contributed by atoms with E-state index in [0.717, 1.165) is 21.7 Å². The number of rotatable bonds is 38. The highest BCUT2D eigenvalue weighted by Gasteiger charge is 2.29. The summed E-state index contributed by atoms with van der Waals surface area (Å²) in [5, 5.41) is 32.0. The molecule has 0 aliphatic rings. The highest BCUT2D eigenvalue weighted by molar-refractivity contribution is 6.09. The first-order valence-electron chi connectivity index (χ1n) is 40.9. The second-order valence-electron chi connectivity index (χ2n) is 33.0. The monoisotopic (exact) mass is 1730 g/mol. The van der Waals surface area contributed by atoms with Gasteiger partial charge in [-0.15, -0.1) is 0 Å². The molecule has 668 valence electrons. The smallest absolute Gasteiger partial charge is 0.256 e. The van der Waals surface area contributed by atoms with Crippen molar-refractivity contribution in [3.63, 3.8) is 0 Å². The van der Waals surface area contributed by atoms with Gasteiger partial charge < -0.3 is 98.2 Å². The molecule has 12 rings (SSSR count). The van der Waals surface area contributed by atoms with Crippen LogP contribution in [0.5, 0.6) is 23.0 Å². The van der Waals surface area contributed by atoms with Crippen LogP contribution in [0.3, 0.4) is 0 Å². The molecule has 0 unspecified atom stereocenters. The number of anilines is 4. The van der Waals surface area contributed by atoms with E-state index in [4.69, 9.17) is 47.4 Å². The zero-order chi connectivity index (χ0) is 91.1. The zero-order valence-corrected chi connectivity index (χ0v) is 73.5. The minimum Gasteiger partial charge on any atom is -0.508 e. The summed E-state index contributed by atoms with van der Waals surface area (Å²) in [5.74, 6) is 0.689. The third-order valence-electron chi connectivity index (χ3n) is 18.4. The molecule has 0 saturated carbocycles. The second-order valence-corrected chi connectivity index (χ2v) is 33.0. The molecular weight excluding hydrogens is 1620 g/mol. The molecule has 0 aliphatic heterocycles. The van der Waals surface area contributed by atoms with Crippen LogP contribution >= 0.6 is 0 Å². The predicted molar refractivity (Wildman–Crippen MR) is 479 cm³/mol. The fourth-order valence-corrected chi connectivity index (χ4v) is 11.6. The highest BCUT2D eigenvalue weighted by Crippen LogP contribution is 2.30. The number of methoxy groups -OCH3 is 2. The average Bonchev–Trinajstić information content (AvgIpc) is 1.67. The van der Waals surface area contributed by atoms with Gasteiger partial charge in [-0.3, -0.25) is 38.4 Å². The lowest BCUT2D eigenvalue weighted by Gasteiger charge is -2.14. The Kier molecular flexibility index (Phi) is 35.5. The molecule has 12 aromatic rings. The number of aromatic amines is 3. The SMILES string of the molecule is CC(C)(C)C(=O)c1cc2cc(NC(=O)c3ccc(O)cc3)cnc2[nH]1.CC(C)(C)C(=O)c1cc2cc(NC(=O)c3ccc(O)cc3)ncc2[nH]1.COCCOCCOCCOCCOc1ccc(C(=O)Nc2ccc3nc(C(=O)C(C)(C)C)cn3c2)cc1.COCCOCCOCCOCCOc1ccc(C(=O)Nc2cnc3[nH]c(C(=O)C(C)(C)C)cc3c2)cc1. The quantitative estimate of drug-likeness (QED) is 0.0128. The normalized spacial score (nSPS) is 11.5. The molecule has 9 N–H and O–H groups in total. The number of pyridine rings is 4. The molecule has 0 saturated heterocycles. The lowest BCUT2D eigenvalue weighted by molar-refractivity contribution is 0.000164. The summed E-state index contributed by atoms with van der Waals surface area (Å²) in [6.45, 7) is 30.2.